The Balaban J connectivity index is 2.06. The largest absolute Gasteiger partial charge is 0.497 e. The van der Waals surface area contributed by atoms with Gasteiger partial charge in [-0.15, -0.1) is 0 Å². The van der Waals surface area contributed by atoms with Crippen molar-refractivity contribution in [1.82, 2.24) is 0 Å². The van der Waals surface area contributed by atoms with Gasteiger partial charge in [-0.25, -0.2) is 0 Å². The molecule has 2 aromatic carbocycles. The quantitative estimate of drug-likeness (QED) is 0.887. The van der Waals surface area contributed by atoms with E-state index in [1.165, 1.54) is 0 Å². The van der Waals surface area contributed by atoms with Gasteiger partial charge in [-0.05, 0) is 23.3 Å². The van der Waals surface area contributed by atoms with E-state index < -0.39 is 6.10 Å². The molecule has 0 fully saturated rings. The van der Waals surface area contributed by atoms with Gasteiger partial charge in [-0.1, -0.05) is 54.6 Å². The third kappa shape index (κ3) is 3.22. The summed E-state index contributed by atoms with van der Waals surface area (Å²) in [5.74, 6) is 0.829. The molecule has 0 radical (unpaired) electrons. The minimum atomic E-state index is -0.576. The fourth-order valence-electron chi connectivity index (χ4n) is 1.68. The van der Waals surface area contributed by atoms with Crippen LogP contribution < -0.4 is 4.74 Å². The first-order valence-corrected chi connectivity index (χ1v) is 5.85. The SMILES string of the molecule is COc1ccc(/C=C/[C@@H](O)c2ccccc2)cc1. The van der Waals surface area contributed by atoms with E-state index in [0.29, 0.717) is 0 Å². The highest BCUT2D eigenvalue weighted by atomic mass is 16.5. The van der Waals surface area contributed by atoms with Crippen LogP contribution in [0.5, 0.6) is 5.75 Å². The number of aliphatic hydroxyl groups is 1. The van der Waals surface area contributed by atoms with Gasteiger partial charge >= 0.3 is 0 Å². The van der Waals surface area contributed by atoms with Gasteiger partial charge < -0.3 is 9.84 Å². The van der Waals surface area contributed by atoms with Gasteiger partial charge in [0.05, 0.1) is 13.2 Å². The lowest BCUT2D eigenvalue weighted by Crippen LogP contribution is -1.91. The smallest absolute Gasteiger partial charge is 0.118 e. The average molecular weight is 240 g/mol. The summed E-state index contributed by atoms with van der Waals surface area (Å²) in [4.78, 5) is 0. The Morgan fingerprint density at radius 1 is 1.00 bits per heavy atom. The molecule has 2 nitrogen and oxygen atoms in total. The zero-order valence-corrected chi connectivity index (χ0v) is 10.3. The summed E-state index contributed by atoms with van der Waals surface area (Å²) in [5.41, 5.74) is 1.92. The number of ether oxygens (including phenoxy) is 1. The van der Waals surface area contributed by atoms with Gasteiger partial charge in [0.15, 0.2) is 0 Å². The highest BCUT2D eigenvalue weighted by Crippen LogP contribution is 2.17. The van der Waals surface area contributed by atoms with Crippen LogP contribution in [-0.4, -0.2) is 12.2 Å². The molecule has 0 saturated heterocycles. The van der Waals surface area contributed by atoms with E-state index in [4.69, 9.17) is 4.74 Å². The number of hydrogen-bond acceptors (Lipinski definition) is 2. The lowest BCUT2D eigenvalue weighted by Gasteiger charge is -2.05. The number of rotatable bonds is 4. The number of hydrogen-bond donors (Lipinski definition) is 1. The van der Waals surface area contributed by atoms with Crippen LogP contribution in [0, 0.1) is 0 Å². The number of benzene rings is 2. The van der Waals surface area contributed by atoms with Crippen molar-refractivity contribution in [3.05, 3.63) is 71.8 Å². The van der Waals surface area contributed by atoms with E-state index in [2.05, 4.69) is 0 Å². The molecule has 0 heterocycles. The maximum absolute atomic E-state index is 9.97. The van der Waals surface area contributed by atoms with Crippen molar-refractivity contribution in [1.29, 1.82) is 0 Å². The highest BCUT2D eigenvalue weighted by molar-refractivity contribution is 5.51. The molecule has 2 rings (SSSR count). The van der Waals surface area contributed by atoms with Crippen LogP contribution in [-0.2, 0) is 0 Å². The molecule has 0 aromatic heterocycles. The van der Waals surface area contributed by atoms with Crippen molar-refractivity contribution in [3.63, 3.8) is 0 Å². The Hall–Kier alpha value is -2.06. The third-order valence-corrected chi connectivity index (χ3v) is 2.73. The molecule has 0 aliphatic rings. The maximum Gasteiger partial charge on any atom is 0.118 e. The zero-order chi connectivity index (χ0) is 12.8. The second-order valence-corrected chi connectivity index (χ2v) is 3.99. The predicted octanol–water partition coefficient (Wildman–Crippen LogP) is 3.44. The monoisotopic (exact) mass is 240 g/mol. The Labute approximate surface area is 107 Å². The molecule has 0 aliphatic carbocycles. The van der Waals surface area contributed by atoms with Crippen molar-refractivity contribution < 1.29 is 9.84 Å². The summed E-state index contributed by atoms with van der Waals surface area (Å²) in [7, 11) is 1.64. The number of aliphatic hydroxyl groups excluding tert-OH is 1. The maximum atomic E-state index is 9.97. The Morgan fingerprint density at radius 2 is 1.67 bits per heavy atom. The zero-order valence-electron chi connectivity index (χ0n) is 10.3. The second kappa shape index (κ2) is 6.03. The van der Waals surface area contributed by atoms with E-state index in [1.807, 2.05) is 60.7 Å². The molecule has 0 unspecified atom stereocenters. The molecule has 18 heavy (non-hydrogen) atoms. The first kappa shape index (κ1) is 12.4. The van der Waals surface area contributed by atoms with Crippen LogP contribution in [0.2, 0.25) is 0 Å². The van der Waals surface area contributed by atoms with E-state index in [0.717, 1.165) is 16.9 Å². The predicted molar refractivity (Wildman–Crippen MR) is 73.4 cm³/mol. The first-order chi connectivity index (χ1) is 8.79. The van der Waals surface area contributed by atoms with E-state index in [1.54, 1.807) is 13.2 Å². The molecule has 0 bridgehead atoms. The molecule has 2 aromatic rings. The summed E-state index contributed by atoms with van der Waals surface area (Å²) < 4.78 is 5.09. The van der Waals surface area contributed by atoms with Gasteiger partial charge in [0.25, 0.3) is 0 Å². The first-order valence-electron chi connectivity index (χ1n) is 5.85. The standard InChI is InChI=1S/C16H16O2/c1-18-15-10-7-13(8-11-15)9-12-16(17)14-5-3-2-4-6-14/h2-12,16-17H,1H3/b12-9+/t16-/m1/s1. The van der Waals surface area contributed by atoms with Gasteiger partial charge in [0, 0.05) is 0 Å². The molecular formula is C16H16O2. The lowest BCUT2D eigenvalue weighted by molar-refractivity contribution is 0.229. The van der Waals surface area contributed by atoms with Crippen LogP contribution in [0.1, 0.15) is 17.2 Å². The van der Waals surface area contributed by atoms with Crippen molar-refractivity contribution in [3.8, 4) is 5.75 Å². The summed E-state index contributed by atoms with van der Waals surface area (Å²) >= 11 is 0. The Bertz CT molecular complexity index is 500. The molecule has 0 amide bonds. The molecule has 2 heteroatoms. The van der Waals surface area contributed by atoms with Crippen molar-refractivity contribution in [2.45, 2.75) is 6.10 Å². The average Bonchev–Trinajstić information content (AvgIpc) is 2.46. The summed E-state index contributed by atoms with van der Waals surface area (Å²) in [6.45, 7) is 0. The minimum Gasteiger partial charge on any atom is -0.497 e. The van der Waals surface area contributed by atoms with Gasteiger partial charge in [0.1, 0.15) is 5.75 Å². The van der Waals surface area contributed by atoms with Crippen LogP contribution in [0.4, 0.5) is 0 Å². The summed E-state index contributed by atoms with van der Waals surface area (Å²) in [6.07, 6.45) is 3.10. The van der Waals surface area contributed by atoms with E-state index in [9.17, 15) is 5.11 Å². The fraction of sp³-hybridized carbons (Fsp3) is 0.125. The molecule has 0 spiro atoms. The van der Waals surface area contributed by atoms with Crippen LogP contribution in [0.15, 0.2) is 60.7 Å². The normalized spacial score (nSPS) is 12.6. The van der Waals surface area contributed by atoms with Crippen LogP contribution in [0.25, 0.3) is 6.08 Å². The van der Waals surface area contributed by atoms with Gasteiger partial charge in [0.2, 0.25) is 0 Å². The van der Waals surface area contributed by atoms with E-state index >= 15 is 0 Å². The van der Waals surface area contributed by atoms with Gasteiger partial charge in [-0.3, -0.25) is 0 Å². The molecule has 92 valence electrons. The minimum absolute atomic E-state index is 0.576. The molecule has 0 aliphatic heterocycles. The Morgan fingerprint density at radius 3 is 2.28 bits per heavy atom. The summed E-state index contributed by atoms with van der Waals surface area (Å²) in [5, 5.41) is 9.97. The molecular weight excluding hydrogens is 224 g/mol. The topological polar surface area (TPSA) is 29.5 Å². The van der Waals surface area contributed by atoms with E-state index in [-0.39, 0.29) is 0 Å². The Kier molecular flexibility index (Phi) is 4.15. The molecule has 0 saturated carbocycles. The molecule has 1 atom stereocenters. The second-order valence-electron chi connectivity index (χ2n) is 3.99. The summed E-state index contributed by atoms with van der Waals surface area (Å²) in [6, 6.07) is 17.3. The molecule has 1 N–H and O–H groups in total. The van der Waals surface area contributed by atoms with Crippen molar-refractivity contribution in [2.75, 3.05) is 7.11 Å². The van der Waals surface area contributed by atoms with Gasteiger partial charge in [-0.2, -0.15) is 0 Å². The fourth-order valence-corrected chi connectivity index (χ4v) is 1.68. The van der Waals surface area contributed by atoms with Crippen molar-refractivity contribution in [2.24, 2.45) is 0 Å². The number of methoxy groups -OCH3 is 1. The van der Waals surface area contributed by atoms with Crippen LogP contribution >= 0.6 is 0 Å². The van der Waals surface area contributed by atoms with Crippen molar-refractivity contribution >= 4 is 6.08 Å². The highest BCUT2D eigenvalue weighted by Gasteiger charge is 2.01. The third-order valence-electron chi connectivity index (χ3n) is 2.73. The lowest BCUT2D eigenvalue weighted by atomic mass is 10.1. The van der Waals surface area contributed by atoms with Crippen LogP contribution in [0.3, 0.4) is 0 Å².